The highest BCUT2D eigenvalue weighted by molar-refractivity contribution is 5.92. The lowest BCUT2D eigenvalue weighted by Crippen LogP contribution is -1.83. The summed E-state index contributed by atoms with van der Waals surface area (Å²) in [7, 11) is 0. The molecule has 13 heavy (non-hydrogen) atoms. The van der Waals surface area contributed by atoms with Crippen molar-refractivity contribution in [1.29, 1.82) is 0 Å². The molecule has 0 unspecified atom stereocenters. The zero-order chi connectivity index (χ0) is 9.42. The van der Waals surface area contributed by atoms with E-state index in [1.165, 1.54) is 0 Å². The Morgan fingerprint density at radius 2 is 2.23 bits per heavy atom. The molecule has 0 aliphatic carbocycles. The topological polar surface area (TPSA) is 68.6 Å². The molecule has 0 spiro atoms. The van der Waals surface area contributed by atoms with Gasteiger partial charge in [0.2, 0.25) is 0 Å². The summed E-state index contributed by atoms with van der Waals surface area (Å²) >= 11 is 0. The second-order valence-corrected chi connectivity index (χ2v) is 2.84. The highest BCUT2D eigenvalue weighted by atomic mass is 16.3. The molecule has 0 bridgehead atoms. The number of benzene rings is 1. The van der Waals surface area contributed by atoms with Crippen LogP contribution in [0.4, 0.5) is 11.4 Å². The van der Waals surface area contributed by atoms with E-state index in [1.54, 1.807) is 25.1 Å². The van der Waals surface area contributed by atoms with E-state index in [2.05, 4.69) is 5.18 Å². The molecule has 0 amide bonds. The molecule has 0 saturated carbocycles. The van der Waals surface area contributed by atoms with E-state index in [0.717, 1.165) is 5.39 Å². The third-order valence-corrected chi connectivity index (χ3v) is 2.00. The number of nitrogens with zero attached hydrogens (tertiary/aromatic N) is 1. The minimum absolute atomic E-state index is 0.361. The van der Waals surface area contributed by atoms with Crippen molar-refractivity contribution in [3.63, 3.8) is 0 Å². The van der Waals surface area contributed by atoms with Crippen molar-refractivity contribution in [1.82, 2.24) is 0 Å². The number of furan rings is 1. The van der Waals surface area contributed by atoms with Gasteiger partial charge in [-0.25, -0.2) is 0 Å². The van der Waals surface area contributed by atoms with Crippen LogP contribution in [0, 0.1) is 11.8 Å². The molecule has 0 aliphatic heterocycles. The monoisotopic (exact) mass is 176 g/mol. The summed E-state index contributed by atoms with van der Waals surface area (Å²) in [6.45, 7) is 1.78. The van der Waals surface area contributed by atoms with E-state index >= 15 is 0 Å². The number of hydrogen-bond acceptors (Lipinski definition) is 4. The average molecular weight is 176 g/mol. The Balaban J connectivity index is 2.81. The fourth-order valence-electron chi connectivity index (χ4n) is 1.28. The summed E-state index contributed by atoms with van der Waals surface area (Å²) < 4.78 is 5.33. The van der Waals surface area contributed by atoms with Crippen LogP contribution in [0.25, 0.3) is 11.0 Å². The minimum atomic E-state index is 0.361. The molecular weight excluding hydrogens is 168 g/mol. The molecule has 4 heteroatoms. The summed E-state index contributed by atoms with van der Waals surface area (Å²) in [4.78, 5) is 10.2. The van der Waals surface area contributed by atoms with Crippen molar-refractivity contribution in [2.45, 2.75) is 6.92 Å². The minimum Gasteiger partial charge on any atom is -0.459 e. The molecule has 0 fully saturated rings. The van der Waals surface area contributed by atoms with Crippen LogP contribution in [0.3, 0.4) is 0 Å². The first-order chi connectivity index (χ1) is 6.22. The van der Waals surface area contributed by atoms with Crippen LogP contribution in [0.1, 0.15) is 5.76 Å². The summed E-state index contributed by atoms with van der Waals surface area (Å²) in [5, 5.41) is 3.57. The van der Waals surface area contributed by atoms with E-state index in [9.17, 15) is 4.91 Å². The van der Waals surface area contributed by atoms with Crippen LogP contribution >= 0.6 is 0 Å². The van der Waals surface area contributed by atoms with Gasteiger partial charge in [0.15, 0.2) is 0 Å². The lowest BCUT2D eigenvalue weighted by atomic mass is 10.2. The Hall–Kier alpha value is -1.84. The first kappa shape index (κ1) is 7.79. The Morgan fingerprint density at radius 3 is 2.92 bits per heavy atom. The van der Waals surface area contributed by atoms with Crippen molar-refractivity contribution in [2.24, 2.45) is 5.18 Å². The number of hydrogen-bond donors (Lipinski definition) is 1. The molecule has 0 aliphatic rings. The van der Waals surface area contributed by atoms with Crippen LogP contribution in [0.2, 0.25) is 0 Å². The molecule has 2 aromatic rings. The second-order valence-electron chi connectivity index (χ2n) is 2.84. The van der Waals surface area contributed by atoms with Crippen molar-refractivity contribution in [3.8, 4) is 0 Å². The number of fused-ring (bicyclic) bond motifs is 1. The number of nitrogen functional groups attached to an aromatic ring is 1. The fourth-order valence-corrected chi connectivity index (χ4v) is 1.28. The number of anilines is 1. The molecule has 1 aromatic heterocycles. The van der Waals surface area contributed by atoms with Crippen LogP contribution in [0.5, 0.6) is 0 Å². The third kappa shape index (κ3) is 1.07. The summed E-state index contributed by atoms with van der Waals surface area (Å²) in [6, 6.07) is 4.90. The number of nitroso groups, excluding NO2 is 1. The van der Waals surface area contributed by atoms with Gasteiger partial charge in [-0.1, -0.05) is 0 Å². The Labute approximate surface area is 74.3 Å². The van der Waals surface area contributed by atoms with E-state index in [0.29, 0.717) is 22.7 Å². The van der Waals surface area contributed by atoms with E-state index in [4.69, 9.17) is 10.2 Å². The molecule has 2 N–H and O–H groups in total. The fraction of sp³-hybridized carbons (Fsp3) is 0.111. The Bertz CT molecular complexity index is 474. The third-order valence-electron chi connectivity index (χ3n) is 2.00. The van der Waals surface area contributed by atoms with Gasteiger partial charge in [-0.3, -0.25) is 0 Å². The highest BCUT2D eigenvalue weighted by Crippen LogP contribution is 2.30. The number of rotatable bonds is 1. The first-order valence-electron chi connectivity index (χ1n) is 3.84. The summed E-state index contributed by atoms with van der Waals surface area (Å²) in [6.07, 6.45) is 0. The van der Waals surface area contributed by atoms with Gasteiger partial charge < -0.3 is 10.2 Å². The van der Waals surface area contributed by atoms with Crippen LogP contribution in [0.15, 0.2) is 27.8 Å². The van der Waals surface area contributed by atoms with Gasteiger partial charge >= 0.3 is 0 Å². The predicted octanol–water partition coefficient (Wildman–Crippen LogP) is 2.72. The van der Waals surface area contributed by atoms with E-state index < -0.39 is 0 Å². The van der Waals surface area contributed by atoms with Gasteiger partial charge in [0.25, 0.3) is 0 Å². The lowest BCUT2D eigenvalue weighted by Gasteiger charge is -1.89. The van der Waals surface area contributed by atoms with Crippen LogP contribution in [-0.4, -0.2) is 0 Å². The van der Waals surface area contributed by atoms with Gasteiger partial charge in [0.1, 0.15) is 17.0 Å². The first-order valence-corrected chi connectivity index (χ1v) is 3.84. The Morgan fingerprint density at radius 1 is 1.46 bits per heavy atom. The summed E-state index contributed by atoms with van der Waals surface area (Å²) in [5.74, 6) is 0.665. The predicted molar refractivity (Wildman–Crippen MR) is 50.8 cm³/mol. The number of aryl methyl sites for hydroxylation is 1. The van der Waals surface area contributed by atoms with E-state index in [1.807, 2.05) is 0 Å². The quantitative estimate of drug-likeness (QED) is 0.679. The standard InChI is InChI=1S/C9H8N2O2/c1-5-9(10)7-4-6(11-12)2-3-8(7)13-5/h2-4H,10H2,1H3. The average Bonchev–Trinajstić information content (AvgIpc) is 2.43. The van der Waals surface area contributed by atoms with Crippen molar-refractivity contribution < 1.29 is 4.42 Å². The molecule has 2 rings (SSSR count). The lowest BCUT2D eigenvalue weighted by molar-refractivity contribution is 0.580. The van der Waals surface area contributed by atoms with Gasteiger partial charge in [-0.15, -0.1) is 4.91 Å². The summed E-state index contributed by atoms with van der Waals surface area (Å²) in [5.41, 5.74) is 7.34. The van der Waals surface area contributed by atoms with Crippen molar-refractivity contribution in [3.05, 3.63) is 28.9 Å². The second kappa shape index (κ2) is 2.58. The zero-order valence-corrected chi connectivity index (χ0v) is 7.07. The van der Waals surface area contributed by atoms with Gasteiger partial charge in [0, 0.05) is 5.39 Å². The molecular formula is C9H8N2O2. The van der Waals surface area contributed by atoms with Crippen LogP contribution in [-0.2, 0) is 0 Å². The van der Waals surface area contributed by atoms with Gasteiger partial charge in [-0.2, -0.15) is 0 Å². The molecule has 4 nitrogen and oxygen atoms in total. The molecule has 0 radical (unpaired) electrons. The molecule has 0 saturated heterocycles. The maximum Gasteiger partial charge on any atom is 0.136 e. The largest absolute Gasteiger partial charge is 0.459 e. The van der Waals surface area contributed by atoms with Gasteiger partial charge in [-0.05, 0) is 30.3 Å². The van der Waals surface area contributed by atoms with Gasteiger partial charge in [0.05, 0.1) is 5.69 Å². The molecule has 0 atom stereocenters. The smallest absolute Gasteiger partial charge is 0.136 e. The van der Waals surface area contributed by atoms with Crippen LogP contribution < -0.4 is 5.73 Å². The number of nitrogens with two attached hydrogens (primary N) is 1. The maximum absolute atomic E-state index is 10.2. The van der Waals surface area contributed by atoms with Crippen molar-refractivity contribution >= 4 is 22.3 Å². The SMILES string of the molecule is Cc1oc2ccc(N=O)cc2c1N. The molecule has 66 valence electrons. The maximum atomic E-state index is 10.2. The normalized spacial score (nSPS) is 10.5. The highest BCUT2D eigenvalue weighted by Gasteiger charge is 2.07. The zero-order valence-electron chi connectivity index (χ0n) is 7.07. The molecule has 1 heterocycles. The Kier molecular flexibility index (Phi) is 1.55. The van der Waals surface area contributed by atoms with E-state index in [-0.39, 0.29) is 0 Å². The molecule has 1 aromatic carbocycles. The van der Waals surface area contributed by atoms with Crippen molar-refractivity contribution in [2.75, 3.05) is 5.73 Å².